The Bertz CT molecular complexity index is 486. The monoisotopic (exact) mass is 293 g/mol. The molecule has 2 unspecified atom stereocenters. The van der Waals surface area contributed by atoms with E-state index in [-0.39, 0.29) is 11.9 Å². The van der Waals surface area contributed by atoms with Gasteiger partial charge < -0.3 is 10.4 Å². The number of hydrogen-bond acceptors (Lipinski definition) is 3. The van der Waals surface area contributed by atoms with Crippen LogP contribution in [0.5, 0.6) is 0 Å². The summed E-state index contributed by atoms with van der Waals surface area (Å²) in [4.78, 5) is 24.0. The molecule has 2 N–H and O–H groups in total. The van der Waals surface area contributed by atoms with E-state index in [1.54, 1.807) is 0 Å². The number of thioether (sulfide) groups is 1. The van der Waals surface area contributed by atoms with Gasteiger partial charge in [0.15, 0.2) is 0 Å². The zero-order chi connectivity index (χ0) is 14.5. The quantitative estimate of drug-likeness (QED) is 0.818. The van der Waals surface area contributed by atoms with Gasteiger partial charge in [-0.25, -0.2) is 0 Å². The van der Waals surface area contributed by atoms with Crippen LogP contribution in [0.1, 0.15) is 24.8 Å². The first-order valence-electron chi connectivity index (χ1n) is 6.78. The molecule has 0 bridgehead atoms. The Balaban J connectivity index is 1.80. The van der Waals surface area contributed by atoms with Crippen molar-refractivity contribution in [2.75, 3.05) is 5.75 Å². The number of benzene rings is 1. The van der Waals surface area contributed by atoms with Crippen molar-refractivity contribution in [2.24, 2.45) is 5.92 Å². The third-order valence-electron chi connectivity index (χ3n) is 3.57. The van der Waals surface area contributed by atoms with Crippen LogP contribution in [0.15, 0.2) is 29.2 Å². The molecule has 2 atom stereocenters. The van der Waals surface area contributed by atoms with E-state index in [0.29, 0.717) is 12.2 Å². The van der Waals surface area contributed by atoms with Gasteiger partial charge in [0.25, 0.3) is 0 Å². The Morgan fingerprint density at radius 3 is 2.65 bits per heavy atom. The number of aliphatic carboxylic acids is 1. The molecule has 1 aromatic carbocycles. The highest BCUT2D eigenvalue weighted by Crippen LogP contribution is 2.26. The van der Waals surface area contributed by atoms with E-state index in [2.05, 4.69) is 5.32 Å². The predicted molar refractivity (Wildman–Crippen MR) is 78.8 cm³/mol. The smallest absolute Gasteiger partial charge is 0.308 e. The van der Waals surface area contributed by atoms with Gasteiger partial charge in [-0.15, -0.1) is 11.8 Å². The second-order valence-corrected chi connectivity index (χ2v) is 6.20. The molecular weight excluding hydrogens is 274 g/mol. The highest BCUT2D eigenvalue weighted by Gasteiger charge is 2.33. The molecule has 5 heteroatoms. The number of amides is 1. The van der Waals surface area contributed by atoms with Crippen molar-refractivity contribution in [3.05, 3.63) is 29.8 Å². The van der Waals surface area contributed by atoms with Crippen LogP contribution < -0.4 is 5.32 Å². The highest BCUT2D eigenvalue weighted by atomic mass is 32.2. The zero-order valence-electron chi connectivity index (χ0n) is 11.5. The van der Waals surface area contributed by atoms with Crippen LogP contribution >= 0.6 is 11.8 Å². The summed E-state index contributed by atoms with van der Waals surface area (Å²) in [5.41, 5.74) is 1.19. The van der Waals surface area contributed by atoms with Crippen molar-refractivity contribution >= 4 is 23.6 Å². The number of aryl methyl sites for hydroxylation is 1. The Kier molecular flexibility index (Phi) is 5.06. The molecule has 1 aromatic rings. The fourth-order valence-corrected chi connectivity index (χ4v) is 3.17. The van der Waals surface area contributed by atoms with Gasteiger partial charge in [-0.3, -0.25) is 9.59 Å². The molecule has 1 fully saturated rings. The van der Waals surface area contributed by atoms with Gasteiger partial charge in [-0.05, 0) is 31.9 Å². The summed E-state index contributed by atoms with van der Waals surface area (Å²) >= 11 is 1.47. The maximum absolute atomic E-state index is 11.9. The van der Waals surface area contributed by atoms with Gasteiger partial charge in [0.1, 0.15) is 0 Å². The average Bonchev–Trinajstić information content (AvgIpc) is 2.86. The molecule has 2 rings (SSSR count). The first kappa shape index (κ1) is 14.9. The third-order valence-corrected chi connectivity index (χ3v) is 4.58. The summed E-state index contributed by atoms with van der Waals surface area (Å²) in [5, 5.41) is 11.9. The molecule has 1 aliphatic carbocycles. The van der Waals surface area contributed by atoms with Crippen LogP contribution in [0.3, 0.4) is 0 Å². The zero-order valence-corrected chi connectivity index (χ0v) is 12.3. The fourth-order valence-electron chi connectivity index (χ4n) is 2.46. The van der Waals surface area contributed by atoms with Crippen molar-refractivity contribution in [2.45, 2.75) is 37.1 Å². The minimum Gasteiger partial charge on any atom is -0.481 e. The van der Waals surface area contributed by atoms with Crippen molar-refractivity contribution in [3.63, 3.8) is 0 Å². The third kappa shape index (κ3) is 4.00. The number of nitrogens with one attached hydrogen (secondary N) is 1. The van der Waals surface area contributed by atoms with E-state index < -0.39 is 11.9 Å². The topological polar surface area (TPSA) is 66.4 Å². The van der Waals surface area contributed by atoms with E-state index in [1.165, 1.54) is 17.3 Å². The molecule has 0 aliphatic heterocycles. The highest BCUT2D eigenvalue weighted by molar-refractivity contribution is 8.00. The van der Waals surface area contributed by atoms with Crippen molar-refractivity contribution in [1.29, 1.82) is 0 Å². The SMILES string of the molecule is Cc1ccc(SCC(=O)NC2CCCC2C(=O)O)cc1. The molecule has 0 heterocycles. The van der Waals surface area contributed by atoms with Crippen molar-refractivity contribution in [3.8, 4) is 0 Å². The van der Waals surface area contributed by atoms with E-state index >= 15 is 0 Å². The second kappa shape index (κ2) is 6.79. The molecule has 108 valence electrons. The Morgan fingerprint density at radius 1 is 1.30 bits per heavy atom. The number of carboxylic acid groups (broad SMARTS) is 1. The number of carbonyl (C=O) groups is 2. The van der Waals surface area contributed by atoms with E-state index in [1.807, 2.05) is 31.2 Å². The number of carboxylic acids is 1. The van der Waals surface area contributed by atoms with Crippen LogP contribution in [0, 0.1) is 12.8 Å². The minimum atomic E-state index is -0.806. The van der Waals surface area contributed by atoms with Crippen LogP contribution in [0.2, 0.25) is 0 Å². The molecule has 0 aromatic heterocycles. The lowest BCUT2D eigenvalue weighted by Gasteiger charge is -2.17. The predicted octanol–water partition coefficient (Wildman–Crippen LogP) is 2.46. The molecule has 0 radical (unpaired) electrons. The average molecular weight is 293 g/mol. The van der Waals surface area contributed by atoms with Crippen molar-refractivity contribution in [1.82, 2.24) is 5.32 Å². The van der Waals surface area contributed by atoms with Crippen molar-refractivity contribution < 1.29 is 14.7 Å². The summed E-state index contributed by atoms with van der Waals surface area (Å²) in [7, 11) is 0. The molecule has 0 spiro atoms. The maximum atomic E-state index is 11.9. The minimum absolute atomic E-state index is 0.0891. The molecule has 1 saturated carbocycles. The van der Waals surface area contributed by atoms with Gasteiger partial charge in [0, 0.05) is 10.9 Å². The summed E-state index contributed by atoms with van der Waals surface area (Å²) in [6, 6.07) is 7.79. The van der Waals surface area contributed by atoms with Crippen LogP contribution in [-0.2, 0) is 9.59 Å². The van der Waals surface area contributed by atoms with Gasteiger partial charge >= 0.3 is 5.97 Å². The van der Waals surface area contributed by atoms with E-state index in [4.69, 9.17) is 5.11 Å². The number of rotatable bonds is 5. The summed E-state index contributed by atoms with van der Waals surface area (Å²) < 4.78 is 0. The molecular formula is C15H19NO3S. The number of carbonyl (C=O) groups excluding carboxylic acids is 1. The summed E-state index contributed by atoms with van der Waals surface area (Å²) in [6.07, 6.45) is 2.29. The van der Waals surface area contributed by atoms with Crippen LogP contribution in [-0.4, -0.2) is 28.8 Å². The summed E-state index contributed by atoms with van der Waals surface area (Å²) in [5.74, 6) is -0.998. The molecule has 20 heavy (non-hydrogen) atoms. The Labute approximate surface area is 123 Å². The largest absolute Gasteiger partial charge is 0.481 e. The number of hydrogen-bond donors (Lipinski definition) is 2. The Morgan fingerprint density at radius 2 is 2.00 bits per heavy atom. The summed E-state index contributed by atoms with van der Waals surface area (Å²) in [6.45, 7) is 2.02. The van der Waals surface area contributed by atoms with E-state index in [9.17, 15) is 9.59 Å². The standard InChI is InChI=1S/C15H19NO3S/c1-10-5-7-11(8-6-10)20-9-14(17)16-13-4-2-3-12(13)15(18)19/h5-8,12-13H,2-4,9H2,1H3,(H,16,17)(H,18,19). The normalized spacial score (nSPS) is 21.6. The van der Waals surface area contributed by atoms with Gasteiger partial charge in [0.05, 0.1) is 11.7 Å². The lowest BCUT2D eigenvalue weighted by Crippen LogP contribution is -2.40. The molecule has 0 saturated heterocycles. The molecule has 1 amide bonds. The van der Waals surface area contributed by atoms with E-state index in [0.717, 1.165) is 17.7 Å². The first-order chi connectivity index (χ1) is 9.56. The first-order valence-corrected chi connectivity index (χ1v) is 7.76. The lowest BCUT2D eigenvalue weighted by molar-refractivity contribution is -0.142. The lowest BCUT2D eigenvalue weighted by atomic mass is 10.0. The van der Waals surface area contributed by atoms with Crippen LogP contribution in [0.25, 0.3) is 0 Å². The van der Waals surface area contributed by atoms with Crippen LogP contribution in [0.4, 0.5) is 0 Å². The Hall–Kier alpha value is -1.49. The molecule has 4 nitrogen and oxygen atoms in total. The van der Waals surface area contributed by atoms with Gasteiger partial charge in [-0.1, -0.05) is 24.1 Å². The van der Waals surface area contributed by atoms with Gasteiger partial charge in [0.2, 0.25) is 5.91 Å². The second-order valence-electron chi connectivity index (χ2n) is 5.15. The molecule has 1 aliphatic rings. The fraction of sp³-hybridized carbons (Fsp3) is 0.467. The van der Waals surface area contributed by atoms with Gasteiger partial charge in [-0.2, -0.15) is 0 Å². The maximum Gasteiger partial charge on any atom is 0.308 e.